The molecule has 0 saturated heterocycles. The first-order chi connectivity index (χ1) is 9.11. The number of rotatable bonds is 6. The van der Waals surface area contributed by atoms with Crippen molar-refractivity contribution in [3.05, 3.63) is 16.4 Å². The molecule has 1 heterocycles. The first-order valence-electron chi connectivity index (χ1n) is 7.26. The highest BCUT2D eigenvalue weighted by atomic mass is 35.5. The van der Waals surface area contributed by atoms with Gasteiger partial charge in [-0.25, -0.2) is 0 Å². The number of halogens is 1. The normalized spacial score (nSPS) is 18.1. The quantitative estimate of drug-likeness (QED) is 0.624. The first kappa shape index (κ1) is 14.8. The molecular weight excluding hydrogens is 260 g/mol. The molecule has 0 bridgehead atoms. The van der Waals surface area contributed by atoms with E-state index in [9.17, 15) is 0 Å². The summed E-state index contributed by atoms with van der Waals surface area (Å²) in [6.07, 6.45) is 8.81. The summed E-state index contributed by atoms with van der Waals surface area (Å²) in [7, 11) is 1.94. The summed E-state index contributed by atoms with van der Waals surface area (Å²) < 4.78 is 1.87. The highest BCUT2D eigenvalue weighted by molar-refractivity contribution is 6.31. The Morgan fingerprint density at radius 3 is 2.68 bits per heavy atom. The van der Waals surface area contributed by atoms with Crippen LogP contribution in [-0.2, 0) is 13.5 Å². The van der Waals surface area contributed by atoms with Crippen molar-refractivity contribution in [1.29, 1.82) is 0 Å². The van der Waals surface area contributed by atoms with Crippen molar-refractivity contribution >= 4 is 11.6 Å². The largest absolute Gasteiger partial charge is 0.271 e. The van der Waals surface area contributed by atoms with Gasteiger partial charge in [0.15, 0.2) is 0 Å². The van der Waals surface area contributed by atoms with Crippen molar-refractivity contribution in [3.63, 3.8) is 0 Å². The summed E-state index contributed by atoms with van der Waals surface area (Å²) in [6.45, 7) is 1.94. The van der Waals surface area contributed by atoms with Gasteiger partial charge in [-0.3, -0.25) is 16.0 Å². The molecule has 1 aromatic rings. The minimum atomic E-state index is 0.285. The van der Waals surface area contributed by atoms with Crippen LogP contribution in [0.3, 0.4) is 0 Å². The SMILES string of the molecule is Cc1nn(C)c(CC(CCC2CCCC2)NN)c1Cl. The molecule has 0 radical (unpaired) electrons. The number of hydrogen-bond donors (Lipinski definition) is 2. The molecule has 1 unspecified atom stereocenters. The summed E-state index contributed by atoms with van der Waals surface area (Å²) in [5.74, 6) is 6.59. The van der Waals surface area contributed by atoms with Gasteiger partial charge in [0.2, 0.25) is 0 Å². The minimum Gasteiger partial charge on any atom is -0.271 e. The number of nitrogens with zero attached hydrogens (tertiary/aromatic N) is 2. The Hall–Kier alpha value is -0.580. The van der Waals surface area contributed by atoms with E-state index in [2.05, 4.69) is 10.5 Å². The van der Waals surface area contributed by atoms with E-state index in [0.29, 0.717) is 0 Å². The Bertz CT molecular complexity index is 410. The lowest BCUT2D eigenvalue weighted by molar-refractivity contribution is 0.402. The zero-order valence-electron chi connectivity index (χ0n) is 12.0. The van der Waals surface area contributed by atoms with Gasteiger partial charge in [0.1, 0.15) is 0 Å². The molecular formula is C14H25ClN4. The van der Waals surface area contributed by atoms with E-state index in [1.807, 2.05) is 18.7 Å². The standard InChI is InChI=1S/C14H25ClN4/c1-10-14(15)13(19(2)18-10)9-12(17-16)8-7-11-5-3-4-6-11/h11-12,17H,3-9,16H2,1-2H3. The molecule has 3 N–H and O–H groups in total. The van der Waals surface area contributed by atoms with E-state index in [1.165, 1.54) is 32.1 Å². The summed E-state index contributed by atoms with van der Waals surface area (Å²) in [6, 6.07) is 0.285. The number of nitrogens with one attached hydrogen (secondary N) is 1. The maximum atomic E-state index is 6.29. The Labute approximate surface area is 120 Å². The summed E-state index contributed by atoms with van der Waals surface area (Å²) >= 11 is 6.29. The highest BCUT2D eigenvalue weighted by Gasteiger charge is 2.19. The van der Waals surface area contributed by atoms with Gasteiger partial charge in [-0.2, -0.15) is 5.10 Å². The average Bonchev–Trinajstić information content (AvgIpc) is 2.98. The molecule has 0 spiro atoms. The van der Waals surface area contributed by atoms with Gasteiger partial charge in [-0.15, -0.1) is 0 Å². The van der Waals surface area contributed by atoms with Gasteiger partial charge in [-0.05, 0) is 25.7 Å². The molecule has 0 aliphatic heterocycles. The van der Waals surface area contributed by atoms with Crippen LogP contribution >= 0.6 is 11.6 Å². The van der Waals surface area contributed by atoms with Gasteiger partial charge >= 0.3 is 0 Å². The lowest BCUT2D eigenvalue weighted by Crippen LogP contribution is -2.37. The van der Waals surface area contributed by atoms with Crippen LogP contribution in [0.25, 0.3) is 0 Å². The van der Waals surface area contributed by atoms with Gasteiger partial charge in [0, 0.05) is 19.5 Å². The molecule has 0 aromatic carbocycles. The second-order valence-electron chi connectivity index (χ2n) is 5.77. The van der Waals surface area contributed by atoms with Gasteiger partial charge in [-0.1, -0.05) is 37.3 Å². The fraction of sp³-hybridized carbons (Fsp3) is 0.786. The van der Waals surface area contributed by atoms with Crippen molar-refractivity contribution in [3.8, 4) is 0 Å². The van der Waals surface area contributed by atoms with E-state index >= 15 is 0 Å². The summed E-state index contributed by atoms with van der Waals surface area (Å²) in [5, 5.41) is 5.13. The lowest BCUT2D eigenvalue weighted by Gasteiger charge is -2.18. The zero-order chi connectivity index (χ0) is 13.8. The molecule has 1 aliphatic carbocycles. The maximum Gasteiger partial charge on any atom is 0.0847 e. The number of nitrogens with two attached hydrogens (primary N) is 1. The second kappa shape index (κ2) is 6.73. The number of hydrazine groups is 1. The van der Waals surface area contributed by atoms with E-state index in [1.54, 1.807) is 0 Å². The molecule has 1 saturated carbocycles. The third kappa shape index (κ3) is 3.71. The fourth-order valence-corrected chi connectivity index (χ4v) is 3.35. The van der Waals surface area contributed by atoms with Crippen LogP contribution in [0.15, 0.2) is 0 Å². The molecule has 5 heteroatoms. The molecule has 4 nitrogen and oxygen atoms in total. The van der Waals surface area contributed by atoms with E-state index in [0.717, 1.165) is 35.2 Å². The van der Waals surface area contributed by atoms with Gasteiger partial charge < -0.3 is 0 Å². The molecule has 19 heavy (non-hydrogen) atoms. The molecule has 1 aliphatic rings. The molecule has 1 atom stereocenters. The fourth-order valence-electron chi connectivity index (χ4n) is 3.12. The topological polar surface area (TPSA) is 55.9 Å². The number of hydrogen-bond acceptors (Lipinski definition) is 3. The van der Waals surface area contributed by atoms with Crippen LogP contribution < -0.4 is 11.3 Å². The van der Waals surface area contributed by atoms with Crippen LogP contribution in [0.1, 0.15) is 49.9 Å². The lowest BCUT2D eigenvalue weighted by atomic mass is 9.96. The van der Waals surface area contributed by atoms with Crippen LogP contribution in [0, 0.1) is 12.8 Å². The number of aryl methyl sites for hydroxylation is 2. The summed E-state index contributed by atoms with van der Waals surface area (Å²) in [5.41, 5.74) is 4.91. The minimum absolute atomic E-state index is 0.285. The van der Waals surface area contributed by atoms with Gasteiger partial charge in [0.25, 0.3) is 0 Å². The zero-order valence-corrected chi connectivity index (χ0v) is 12.7. The Balaban J connectivity index is 1.90. The van der Waals surface area contributed by atoms with E-state index in [-0.39, 0.29) is 6.04 Å². The second-order valence-corrected chi connectivity index (χ2v) is 6.14. The smallest absolute Gasteiger partial charge is 0.0847 e. The molecule has 1 aromatic heterocycles. The molecule has 108 valence electrons. The Morgan fingerprint density at radius 1 is 1.47 bits per heavy atom. The molecule has 0 amide bonds. The maximum absolute atomic E-state index is 6.29. The third-order valence-corrected chi connectivity index (χ3v) is 4.83. The number of aromatic nitrogens is 2. The van der Waals surface area contributed by atoms with Crippen molar-refractivity contribution in [2.75, 3.05) is 0 Å². The van der Waals surface area contributed by atoms with Crippen molar-refractivity contribution in [2.24, 2.45) is 18.8 Å². The Kier molecular flexibility index (Phi) is 5.25. The monoisotopic (exact) mass is 284 g/mol. The predicted octanol–water partition coefficient (Wildman–Crippen LogP) is 2.73. The van der Waals surface area contributed by atoms with Crippen LogP contribution in [0.4, 0.5) is 0 Å². The van der Waals surface area contributed by atoms with Gasteiger partial charge in [0.05, 0.1) is 16.4 Å². The predicted molar refractivity (Wildman–Crippen MR) is 79.0 cm³/mol. The van der Waals surface area contributed by atoms with Crippen molar-refractivity contribution in [1.82, 2.24) is 15.2 Å². The molecule has 2 rings (SSSR count). The Morgan fingerprint density at radius 2 is 2.16 bits per heavy atom. The first-order valence-corrected chi connectivity index (χ1v) is 7.63. The van der Waals surface area contributed by atoms with Crippen LogP contribution in [0.2, 0.25) is 5.02 Å². The van der Waals surface area contributed by atoms with E-state index in [4.69, 9.17) is 17.4 Å². The van der Waals surface area contributed by atoms with Crippen LogP contribution in [-0.4, -0.2) is 15.8 Å². The van der Waals surface area contributed by atoms with Crippen LogP contribution in [0.5, 0.6) is 0 Å². The van der Waals surface area contributed by atoms with E-state index < -0.39 is 0 Å². The third-order valence-electron chi connectivity index (χ3n) is 4.34. The molecule has 1 fully saturated rings. The highest BCUT2D eigenvalue weighted by Crippen LogP contribution is 2.29. The van der Waals surface area contributed by atoms with Crippen molar-refractivity contribution < 1.29 is 0 Å². The summed E-state index contributed by atoms with van der Waals surface area (Å²) in [4.78, 5) is 0. The van der Waals surface area contributed by atoms with Crippen molar-refractivity contribution in [2.45, 2.75) is 57.9 Å². The average molecular weight is 285 g/mol.